The summed E-state index contributed by atoms with van der Waals surface area (Å²) in [5.74, 6) is 0.0296. The van der Waals surface area contributed by atoms with E-state index in [0.29, 0.717) is 6.54 Å². The molecule has 3 rings (SSSR count). The van der Waals surface area contributed by atoms with Crippen molar-refractivity contribution >= 4 is 5.91 Å². The van der Waals surface area contributed by atoms with Gasteiger partial charge in [0.2, 0.25) is 0 Å². The maximum atomic E-state index is 12.8. The highest BCUT2D eigenvalue weighted by atomic mass is 16.3. The van der Waals surface area contributed by atoms with Crippen molar-refractivity contribution in [2.24, 2.45) is 0 Å². The van der Waals surface area contributed by atoms with Crippen LogP contribution in [0.1, 0.15) is 40.3 Å². The third-order valence-corrected chi connectivity index (χ3v) is 4.70. The average Bonchev–Trinajstić information content (AvgIpc) is 3.15. The smallest absolute Gasteiger partial charge is 0.256 e. The van der Waals surface area contributed by atoms with E-state index in [4.69, 9.17) is 0 Å². The lowest BCUT2D eigenvalue weighted by Crippen LogP contribution is -2.37. The number of amides is 1. The molecule has 1 amide bonds. The molecule has 0 spiro atoms. The van der Waals surface area contributed by atoms with Gasteiger partial charge in [0.25, 0.3) is 5.91 Å². The second-order valence-corrected chi connectivity index (χ2v) is 6.17. The molecule has 23 heavy (non-hydrogen) atoms. The van der Waals surface area contributed by atoms with E-state index < -0.39 is 0 Å². The maximum absolute atomic E-state index is 12.8. The topological polar surface area (TPSA) is 58.4 Å². The number of carbonyl (C=O) groups excluding carboxylic acids is 1. The maximum Gasteiger partial charge on any atom is 0.256 e. The molecular formula is C18H23N3O2. The fourth-order valence-electron chi connectivity index (χ4n) is 3.36. The van der Waals surface area contributed by atoms with Crippen molar-refractivity contribution < 1.29 is 9.90 Å². The van der Waals surface area contributed by atoms with Crippen molar-refractivity contribution in [2.75, 3.05) is 13.2 Å². The van der Waals surface area contributed by atoms with Gasteiger partial charge in [-0.25, -0.2) is 0 Å². The van der Waals surface area contributed by atoms with Crippen molar-refractivity contribution in [3.8, 4) is 0 Å². The summed E-state index contributed by atoms with van der Waals surface area (Å²) in [6.07, 6.45) is 3.63. The molecular weight excluding hydrogens is 290 g/mol. The Kier molecular flexibility index (Phi) is 4.48. The molecule has 1 N–H and O–H groups in total. The largest absolute Gasteiger partial charge is 0.394 e. The summed E-state index contributed by atoms with van der Waals surface area (Å²) in [7, 11) is 0. The SMILES string of the molecule is Cc1cc(C(=O)N2CCC[C@@H]2CO)c(C)n1Cc1ccccn1. The lowest BCUT2D eigenvalue weighted by molar-refractivity contribution is 0.0677. The van der Waals surface area contributed by atoms with Gasteiger partial charge in [0.15, 0.2) is 0 Å². The van der Waals surface area contributed by atoms with Gasteiger partial charge in [0, 0.05) is 24.1 Å². The highest BCUT2D eigenvalue weighted by Crippen LogP contribution is 2.23. The van der Waals surface area contributed by atoms with Crippen LogP contribution >= 0.6 is 0 Å². The molecule has 0 unspecified atom stereocenters. The number of hydrogen-bond donors (Lipinski definition) is 1. The monoisotopic (exact) mass is 313 g/mol. The predicted molar refractivity (Wildman–Crippen MR) is 88.4 cm³/mol. The summed E-state index contributed by atoms with van der Waals surface area (Å²) in [6.45, 7) is 5.43. The van der Waals surface area contributed by atoms with E-state index in [2.05, 4.69) is 9.55 Å². The van der Waals surface area contributed by atoms with Crippen LogP contribution in [-0.2, 0) is 6.54 Å². The number of aromatic nitrogens is 2. The second kappa shape index (κ2) is 6.54. The van der Waals surface area contributed by atoms with Crippen LogP contribution in [0.15, 0.2) is 30.5 Å². The van der Waals surface area contributed by atoms with E-state index in [1.807, 2.05) is 43.0 Å². The standard InChI is InChI=1S/C18H23N3O2/c1-13-10-17(18(23)20-9-5-7-16(20)12-22)14(2)21(13)11-15-6-3-4-8-19-15/h3-4,6,8,10,16,22H,5,7,9,11-12H2,1-2H3/t16-/m1/s1. The summed E-state index contributed by atoms with van der Waals surface area (Å²) >= 11 is 0. The first-order valence-corrected chi connectivity index (χ1v) is 8.10. The lowest BCUT2D eigenvalue weighted by atomic mass is 10.2. The highest BCUT2D eigenvalue weighted by molar-refractivity contribution is 5.96. The molecule has 5 nitrogen and oxygen atoms in total. The Morgan fingerprint density at radius 2 is 2.22 bits per heavy atom. The summed E-state index contributed by atoms with van der Waals surface area (Å²) in [6, 6.07) is 7.77. The summed E-state index contributed by atoms with van der Waals surface area (Å²) in [5.41, 5.74) is 3.72. The number of rotatable bonds is 4. The Morgan fingerprint density at radius 1 is 1.39 bits per heavy atom. The van der Waals surface area contributed by atoms with Crippen molar-refractivity contribution in [2.45, 2.75) is 39.3 Å². The van der Waals surface area contributed by atoms with Crippen LogP contribution in [0, 0.1) is 13.8 Å². The fourth-order valence-corrected chi connectivity index (χ4v) is 3.36. The van der Waals surface area contributed by atoms with Crippen LogP contribution in [0.4, 0.5) is 0 Å². The van der Waals surface area contributed by atoms with Gasteiger partial charge >= 0.3 is 0 Å². The molecule has 0 saturated carbocycles. The number of carbonyl (C=O) groups is 1. The van der Waals surface area contributed by atoms with Crippen LogP contribution in [-0.4, -0.2) is 44.7 Å². The van der Waals surface area contributed by atoms with Crippen LogP contribution in [0.5, 0.6) is 0 Å². The van der Waals surface area contributed by atoms with Gasteiger partial charge < -0.3 is 14.6 Å². The Balaban J connectivity index is 1.87. The van der Waals surface area contributed by atoms with E-state index in [1.165, 1.54) is 0 Å². The zero-order valence-corrected chi connectivity index (χ0v) is 13.7. The molecule has 2 aromatic heterocycles. The minimum absolute atomic E-state index is 0.0296. The van der Waals surface area contributed by atoms with Gasteiger partial charge in [0.1, 0.15) is 0 Å². The number of aliphatic hydroxyl groups excluding tert-OH is 1. The Labute approximate surface area is 136 Å². The van der Waals surface area contributed by atoms with E-state index >= 15 is 0 Å². The molecule has 0 aliphatic carbocycles. The number of nitrogens with zero attached hydrogens (tertiary/aromatic N) is 3. The molecule has 1 fully saturated rings. The molecule has 3 heterocycles. The molecule has 1 atom stereocenters. The zero-order valence-electron chi connectivity index (χ0n) is 13.7. The van der Waals surface area contributed by atoms with Gasteiger partial charge in [-0.3, -0.25) is 9.78 Å². The Bertz CT molecular complexity index is 694. The third kappa shape index (κ3) is 3.01. The number of aliphatic hydroxyl groups is 1. The van der Waals surface area contributed by atoms with Gasteiger partial charge in [-0.2, -0.15) is 0 Å². The minimum atomic E-state index is -0.0404. The molecule has 1 aliphatic rings. The van der Waals surface area contributed by atoms with E-state index in [9.17, 15) is 9.90 Å². The quantitative estimate of drug-likeness (QED) is 0.941. The highest BCUT2D eigenvalue weighted by Gasteiger charge is 2.30. The Hall–Kier alpha value is -2.14. The summed E-state index contributed by atoms with van der Waals surface area (Å²) in [5, 5.41) is 9.45. The molecule has 2 aromatic rings. The summed E-state index contributed by atoms with van der Waals surface area (Å²) in [4.78, 5) is 19.0. The van der Waals surface area contributed by atoms with Gasteiger partial charge in [-0.15, -0.1) is 0 Å². The molecule has 5 heteroatoms. The first-order chi connectivity index (χ1) is 11.1. The Morgan fingerprint density at radius 3 is 2.91 bits per heavy atom. The van der Waals surface area contributed by atoms with Crippen LogP contribution < -0.4 is 0 Å². The first-order valence-electron chi connectivity index (χ1n) is 8.10. The average molecular weight is 313 g/mol. The minimum Gasteiger partial charge on any atom is -0.394 e. The van der Waals surface area contributed by atoms with Crippen LogP contribution in [0.25, 0.3) is 0 Å². The van der Waals surface area contributed by atoms with Crippen molar-refractivity contribution in [3.05, 3.63) is 53.1 Å². The number of aryl methyl sites for hydroxylation is 1. The molecule has 122 valence electrons. The van der Waals surface area contributed by atoms with Crippen LogP contribution in [0.3, 0.4) is 0 Å². The molecule has 0 aromatic carbocycles. The summed E-state index contributed by atoms with van der Waals surface area (Å²) < 4.78 is 2.12. The molecule has 1 saturated heterocycles. The fraction of sp³-hybridized carbons (Fsp3) is 0.444. The van der Waals surface area contributed by atoms with E-state index in [1.54, 1.807) is 6.20 Å². The van der Waals surface area contributed by atoms with E-state index in [0.717, 1.165) is 42.0 Å². The zero-order chi connectivity index (χ0) is 16.4. The molecule has 0 radical (unpaired) electrons. The van der Waals surface area contributed by atoms with Gasteiger partial charge in [-0.1, -0.05) is 6.07 Å². The van der Waals surface area contributed by atoms with Gasteiger partial charge in [-0.05, 0) is 44.9 Å². The van der Waals surface area contributed by atoms with Crippen molar-refractivity contribution in [1.29, 1.82) is 0 Å². The van der Waals surface area contributed by atoms with Crippen molar-refractivity contribution in [1.82, 2.24) is 14.5 Å². The lowest BCUT2D eigenvalue weighted by Gasteiger charge is -2.23. The van der Waals surface area contributed by atoms with Crippen molar-refractivity contribution in [3.63, 3.8) is 0 Å². The second-order valence-electron chi connectivity index (χ2n) is 6.17. The van der Waals surface area contributed by atoms with E-state index in [-0.39, 0.29) is 18.6 Å². The number of hydrogen-bond acceptors (Lipinski definition) is 3. The number of likely N-dealkylation sites (tertiary alicyclic amines) is 1. The molecule has 1 aliphatic heterocycles. The van der Waals surface area contributed by atoms with Crippen LogP contribution in [0.2, 0.25) is 0 Å². The van der Waals surface area contributed by atoms with Gasteiger partial charge in [0.05, 0.1) is 30.5 Å². The predicted octanol–water partition coefficient (Wildman–Crippen LogP) is 2.15. The number of pyridine rings is 1. The first kappa shape index (κ1) is 15.7. The normalized spacial score (nSPS) is 17.7. The molecule has 0 bridgehead atoms. The third-order valence-electron chi connectivity index (χ3n) is 4.70.